The Morgan fingerprint density at radius 2 is 1.62 bits per heavy atom. The third-order valence-electron chi connectivity index (χ3n) is 4.89. The Labute approximate surface area is 126 Å². The van der Waals surface area contributed by atoms with Crippen LogP contribution in [0.4, 0.5) is 0 Å². The highest BCUT2D eigenvalue weighted by atomic mass is 16.3. The van der Waals surface area contributed by atoms with Gasteiger partial charge in [0.25, 0.3) is 0 Å². The molecule has 0 amide bonds. The Morgan fingerprint density at radius 3 is 2.33 bits per heavy atom. The minimum atomic E-state index is 0.0104. The maximum Gasteiger partial charge on any atom is 0.115 e. The summed E-state index contributed by atoms with van der Waals surface area (Å²) in [4.78, 5) is 0. The molecule has 21 heavy (non-hydrogen) atoms. The van der Waals surface area contributed by atoms with Gasteiger partial charge in [-0.15, -0.1) is 0 Å². The van der Waals surface area contributed by atoms with E-state index < -0.39 is 0 Å². The van der Waals surface area contributed by atoms with Gasteiger partial charge in [0.2, 0.25) is 0 Å². The van der Waals surface area contributed by atoms with Crippen molar-refractivity contribution < 1.29 is 10.2 Å². The molecule has 0 aromatic heterocycles. The number of hydrogen-bond donors (Lipinski definition) is 2. The van der Waals surface area contributed by atoms with E-state index in [1.54, 1.807) is 18.2 Å². The zero-order chi connectivity index (χ0) is 15.0. The summed E-state index contributed by atoms with van der Waals surface area (Å²) in [5.74, 6) is 1.09. The summed E-state index contributed by atoms with van der Waals surface area (Å²) in [6.45, 7) is 4.57. The Balaban J connectivity index is 2.07. The molecule has 0 spiro atoms. The van der Waals surface area contributed by atoms with E-state index in [0.717, 1.165) is 19.3 Å². The predicted molar refractivity (Wildman–Crippen MR) is 84.9 cm³/mol. The first-order chi connectivity index (χ1) is 9.98. The molecule has 3 rings (SSSR count). The van der Waals surface area contributed by atoms with Gasteiger partial charge in [0, 0.05) is 0 Å². The number of aryl methyl sites for hydroxylation is 1. The molecule has 0 saturated heterocycles. The Hall–Kier alpha value is -1.96. The van der Waals surface area contributed by atoms with Gasteiger partial charge in [0.15, 0.2) is 0 Å². The van der Waals surface area contributed by atoms with Crippen LogP contribution >= 0.6 is 0 Å². The number of rotatable bonds is 1. The number of phenols is 2. The molecule has 2 N–H and O–H groups in total. The van der Waals surface area contributed by atoms with Crippen LogP contribution in [0.3, 0.4) is 0 Å². The molecule has 0 bridgehead atoms. The van der Waals surface area contributed by atoms with E-state index in [0.29, 0.717) is 17.4 Å². The van der Waals surface area contributed by atoms with Crippen LogP contribution in [0.15, 0.2) is 42.5 Å². The largest absolute Gasteiger partial charge is 0.508 e. The number of aromatic hydroxyl groups is 2. The molecule has 0 heterocycles. The van der Waals surface area contributed by atoms with E-state index >= 15 is 0 Å². The highest BCUT2D eigenvalue weighted by Crippen LogP contribution is 2.46. The van der Waals surface area contributed by atoms with Crippen LogP contribution in [0.25, 0.3) is 0 Å². The summed E-state index contributed by atoms with van der Waals surface area (Å²) >= 11 is 0. The van der Waals surface area contributed by atoms with Crippen molar-refractivity contribution in [3.63, 3.8) is 0 Å². The smallest absolute Gasteiger partial charge is 0.115 e. The van der Waals surface area contributed by atoms with Crippen LogP contribution in [0.2, 0.25) is 0 Å². The van der Waals surface area contributed by atoms with E-state index in [2.05, 4.69) is 19.9 Å². The average molecular weight is 282 g/mol. The Bertz CT molecular complexity index is 641. The van der Waals surface area contributed by atoms with E-state index in [1.165, 1.54) is 16.7 Å². The van der Waals surface area contributed by atoms with Gasteiger partial charge in [-0.2, -0.15) is 0 Å². The van der Waals surface area contributed by atoms with Crippen molar-refractivity contribution in [2.75, 3.05) is 0 Å². The minimum absolute atomic E-state index is 0.0104. The SMILES string of the molecule is CC1(C)c2ccc(O)cc2CCCC1c1ccc(O)cc1. The van der Waals surface area contributed by atoms with Gasteiger partial charge in [0.1, 0.15) is 11.5 Å². The van der Waals surface area contributed by atoms with Gasteiger partial charge in [-0.1, -0.05) is 32.0 Å². The quantitative estimate of drug-likeness (QED) is 0.756. The third kappa shape index (κ3) is 2.51. The number of fused-ring (bicyclic) bond motifs is 1. The summed E-state index contributed by atoms with van der Waals surface area (Å²) < 4.78 is 0. The molecule has 2 nitrogen and oxygen atoms in total. The van der Waals surface area contributed by atoms with Crippen LogP contribution < -0.4 is 0 Å². The molecule has 0 saturated carbocycles. The Kier molecular flexibility index (Phi) is 3.40. The second-order valence-electron chi connectivity index (χ2n) is 6.60. The van der Waals surface area contributed by atoms with Crippen molar-refractivity contribution in [2.45, 2.75) is 44.4 Å². The highest BCUT2D eigenvalue weighted by Gasteiger charge is 2.35. The summed E-state index contributed by atoms with van der Waals surface area (Å²) in [6, 6.07) is 13.4. The first kappa shape index (κ1) is 14.0. The fraction of sp³-hybridized carbons (Fsp3) is 0.368. The molecule has 1 aliphatic rings. The van der Waals surface area contributed by atoms with E-state index in [4.69, 9.17) is 0 Å². The van der Waals surface area contributed by atoms with Crippen molar-refractivity contribution in [3.8, 4) is 11.5 Å². The molecule has 1 aliphatic carbocycles. The van der Waals surface area contributed by atoms with Crippen molar-refractivity contribution in [2.24, 2.45) is 0 Å². The molecule has 0 aliphatic heterocycles. The minimum Gasteiger partial charge on any atom is -0.508 e. The molecule has 1 unspecified atom stereocenters. The lowest BCUT2D eigenvalue weighted by atomic mass is 9.69. The van der Waals surface area contributed by atoms with Crippen molar-refractivity contribution >= 4 is 0 Å². The molecule has 1 atom stereocenters. The van der Waals surface area contributed by atoms with Gasteiger partial charge >= 0.3 is 0 Å². The second-order valence-corrected chi connectivity index (χ2v) is 6.60. The van der Waals surface area contributed by atoms with E-state index in [1.807, 2.05) is 18.2 Å². The maximum absolute atomic E-state index is 9.74. The van der Waals surface area contributed by atoms with Gasteiger partial charge in [0.05, 0.1) is 0 Å². The zero-order valence-corrected chi connectivity index (χ0v) is 12.6. The van der Waals surface area contributed by atoms with Gasteiger partial charge in [-0.25, -0.2) is 0 Å². The fourth-order valence-corrected chi connectivity index (χ4v) is 3.75. The van der Waals surface area contributed by atoms with Crippen LogP contribution in [-0.2, 0) is 11.8 Å². The fourth-order valence-electron chi connectivity index (χ4n) is 3.75. The highest BCUT2D eigenvalue weighted by molar-refractivity contribution is 5.43. The summed E-state index contributed by atoms with van der Waals surface area (Å²) in [7, 11) is 0. The van der Waals surface area contributed by atoms with Crippen LogP contribution in [-0.4, -0.2) is 10.2 Å². The van der Waals surface area contributed by atoms with Crippen LogP contribution in [0.5, 0.6) is 11.5 Å². The second kappa shape index (κ2) is 5.10. The number of benzene rings is 2. The predicted octanol–water partition coefficient (Wildman–Crippen LogP) is 4.50. The standard InChI is InChI=1S/C19H22O2/c1-19(2)17(13-6-8-15(20)9-7-13)5-3-4-14-12-16(21)10-11-18(14)19/h6-12,17,20-21H,3-5H2,1-2H3. The summed E-state index contributed by atoms with van der Waals surface area (Å²) in [5.41, 5.74) is 3.88. The van der Waals surface area contributed by atoms with E-state index in [-0.39, 0.29) is 5.41 Å². The summed E-state index contributed by atoms with van der Waals surface area (Å²) in [6.07, 6.45) is 3.25. The lowest BCUT2D eigenvalue weighted by Crippen LogP contribution is -2.26. The van der Waals surface area contributed by atoms with Crippen molar-refractivity contribution in [1.29, 1.82) is 0 Å². The lowest BCUT2D eigenvalue weighted by Gasteiger charge is -2.35. The molecular weight excluding hydrogens is 260 g/mol. The number of hydrogen-bond acceptors (Lipinski definition) is 2. The molecular formula is C19H22O2. The summed E-state index contributed by atoms with van der Waals surface area (Å²) in [5, 5.41) is 19.2. The lowest BCUT2D eigenvalue weighted by molar-refractivity contribution is 0.394. The molecule has 0 radical (unpaired) electrons. The number of phenolic OH excluding ortho intramolecular Hbond substituents is 2. The van der Waals surface area contributed by atoms with Crippen molar-refractivity contribution in [3.05, 3.63) is 59.2 Å². The van der Waals surface area contributed by atoms with Crippen molar-refractivity contribution in [1.82, 2.24) is 0 Å². The molecule has 2 heteroatoms. The first-order valence-electron chi connectivity index (χ1n) is 7.60. The molecule has 110 valence electrons. The average Bonchev–Trinajstić information content (AvgIpc) is 2.56. The molecule has 2 aromatic rings. The molecule has 0 fully saturated rings. The zero-order valence-electron chi connectivity index (χ0n) is 12.6. The first-order valence-corrected chi connectivity index (χ1v) is 7.60. The molecule has 2 aromatic carbocycles. The third-order valence-corrected chi connectivity index (χ3v) is 4.89. The van der Waals surface area contributed by atoms with Crippen LogP contribution in [0, 0.1) is 0 Å². The van der Waals surface area contributed by atoms with Gasteiger partial charge in [-0.05, 0) is 71.6 Å². The monoisotopic (exact) mass is 282 g/mol. The normalized spacial score (nSPS) is 20.6. The topological polar surface area (TPSA) is 40.5 Å². The van der Waals surface area contributed by atoms with Crippen LogP contribution in [0.1, 0.15) is 49.3 Å². The van der Waals surface area contributed by atoms with Gasteiger partial charge < -0.3 is 10.2 Å². The Morgan fingerprint density at radius 1 is 0.952 bits per heavy atom. The van der Waals surface area contributed by atoms with E-state index in [9.17, 15) is 10.2 Å². The van der Waals surface area contributed by atoms with Gasteiger partial charge in [-0.3, -0.25) is 0 Å². The maximum atomic E-state index is 9.74.